The van der Waals surface area contributed by atoms with Crippen LogP contribution in [0.3, 0.4) is 0 Å². The third kappa shape index (κ3) is 2.38. The summed E-state index contributed by atoms with van der Waals surface area (Å²) >= 11 is 1.53. The third-order valence-corrected chi connectivity index (χ3v) is 4.99. The molecule has 0 radical (unpaired) electrons. The summed E-state index contributed by atoms with van der Waals surface area (Å²) in [5, 5.41) is 4.52. The van der Waals surface area contributed by atoms with Gasteiger partial charge in [-0.05, 0) is 44.6 Å². The van der Waals surface area contributed by atoms with Crippen LogP contribution in [0.15, 0.2) is 0 Å². The van der Waals surface area contributed by atoms with Gasteiger partial charge in [0.15, 0.2) is 0 Å². The Hall–Kier alpha value is -0.680. The first-order valence-corrected chi connectivity index (χ1v) is 7.97. The van der Waals surface area contributed by atoms with Crippen molar-refractivity contribution in [3.63, 3.8) is 0 Å². The highest BCUT2D eigenvalue weighted by Crippen LogP contribution is 2.39. The normalized spacial score (nSPS) is 28.8. The monoisotopic (exact) mass is 264 g/mol. The number of nitrogens with one attached hydrogen (secondary N) is 1. The molecule has 4 nitrogen and oxygen atoms in total. The number of hydrogen-bond acceptors (Lipinski definition) is 5. The number of rotatable bonds is 5. The van der Waals surface area contributed by atoms with Crippen molar-refractivity contribution < 1.29 is 0 Å². The molecule has 4 rings (SSSR count). The minimum Gasteiger partial charge on any atom is -0.360 e. The van der Waals surface area contributed by atoms with Crippen molar-refractivity contribution in [2.45, 2.75) is 44.1 Å². The Balaban J connectivity index is 1.27. The molecule has 18 heavy (non-hydrogen) atoms. The maximum Gasteiger partial charge on any atom is 0.202 e. The van der Waals surface area contributed by atoms with Crippen LogP contribution in [0.1, 0.15) is 43.8 Å². The van der Waals surface area contributed by atoms with Crippen molar-refractivity contribution >= 4 is 16.7 Å². The lowest BCUT2D eigenvalue weighted by Crippen LogP contribution is -2.24. The van der Waals surface area contributed by atoms with Gasteiger partial charge in [-0.15, -0.1) is 0 Å². The first-order valence-electron chi connectivity index (χ1n) is 7.20. The molecule has 2 heterocycles. The fourth-order valence-corrected chi connectivity index (χ4v) is 3.50. The molecule has 0 amide bonds. The summed E-state index contributed by atoms with van der Waals surface area (Å²) < 4.78 is 4.43. The molecule has 1 N–H and O–H groups in total. The molecular formula is C13H20N4S. The molecule has 1 saturated heterocycles. The average Bonchev–Trinajstić information content (AvgIpc) is 3.32. The summed E-state index contributed by atoms with van der Waals surface area (Å²) in [6.07, 6.45) is 6.78. The van der Waals surface area contributed by atoms with E-state index in [4.69, 9.17) is 0 Å². The molecule has 0 aromatic carbocycles. The van der Waals surface area contributed by atoms with E-state index in [-0.39, 0.29) is 0 Å². The van der Waals surface area contributed by atoms with Crippen LogP contribution in [0.5, 0.6) is 0 Å². The van der Waals surface area contributed by atoms with Crippen molar-refractivity contribution in [3.8, 4) is 0 Å². The van der Waals surface area contributed by atoms with Gasteiger partial charge in [0.05, 0.1) is 0 Å². The minimum atomic E-state index is 0.675. The second-order valence-electron chi connectivity index (χ2n) is 5.99. The predicted octanol–water partition coefficient (Wildman–Crippen LogP) is 2.31. The molecule has 3 aliphatic rings. The Kier molecular flexibility index (Phi) is 2.77. The number of likely N-dealkylation sites (tertiary alicyclic amines) is 1. The summed E-state index contributed by atoms with van der Waals surface area (Å²) in [5.41, 5.74) is 0. The van der Waals surface area contributed by atoms with Crippen LogP contribution in [0, 0.1) is 5.92 Å². The Morgan fingerprint density at radius 3 is 2.89 bits per heavy atom. The smallest absolute Gasteiger partial charge is 0.202 e. The maximum absolute atomic E-state index is 4.58. The molecule has 2 saturated carbocycles. The van der Waals surface area contributed by atoms with Crippen LogP contribution in [0.2, 0.25) is 0 Å². The molecular weight excluding hydrogens is 244 g/mol. The lowest BCUT2D eigenvalue weighted by molar-refractivity contribution is 0.316. The van der Waals surface area contributed by atoms with Crippen molar-refractivity contribution in [2.24, 2.45) is 5.92 Å². The van der Waals surface area contributed by atoms with E-state index in [1.165, 1.54) is 56.7 Å². The third-order valence-electron chi connectivity index (χ3n) is 4.31. The van der Waals surface area contributed by atoms with Gasteiger partial charge in [-0.3, -0.25) is 0 Å². The zero-order chi connectivity index (χ0) is 11.9. The summed E-state index contributed by atoms with van der Waals surface area (Å²) in [6.45, 7) is 3.66. The fourth-order valence-electron chi connectivity index (χ4n) is 2.85. The molecule has 0 bridgehead atoms. The maximum atomic E-state index is 4.58. The van der Waals surface area contributed by atoms with Gasteiger partial charge >= 0.3 is 0 Å². The predicted molar refractivity (Wildman–Crippen MR) is 73.1 cm³/mol. The van der Waals surface area contributed by atoms with Crippen LogP contribution in [-0.2, 0) is 0 Å². The second kappa shape index (κ2) is 4.46. The highest BCUT2D eigenvalue weighted by atomic mass is 32.1. The Bertz CT molecular complexity index is 424. The molecule has 2 aliphatic carbocycles. The highest BCUT2D eigenvalue weighted by molar-refractivity contribution is 7.09. The van der Waals surface area contributed by atoms with E-state index in [0.29, 0.717) is 5.92 Å². The van der Waals surface area contributed by atoms with E-state index in [9.17, 15) is 0 Å². The van der Waals surface area contributed by atoms with Crippen LogP contribution in [0.4, 0.5) is 5.13 Å². The van der Waals surface area contributed by atoms with Gasteiger partial charge in [0.2, 0.25) is 5.13 Å². The molecule has 1 aliphatic heterocycles. The summed E-state index contributed by atoms with van der Waals surface area (Å²) in [7, 11) is 0. The molecule has 5 heteroatoms. The van der Waals surface area contributed by atoms with E-state index in [2.05, 4.69) is 19.6 Å². The zero-order valence-electron chi connectivity index (χ0n) is 10.6. The van der Waals surface area contributed by atoms with Crippen molar-refractivity contribution in [2.75, 3.05) is 25.0 Å². The van der Waals surface area contributed by atoms with Gasteiger partial charge in [0.1, 0.15) is 5.82 Å². The fraction of sp³-hybridized carbons (Fsp3) is 0.846. The van der Waals surface area contributed by atoms with E-state index >= 15 is 0 Å². The van der Waals surface area contributed by atoms with E-state index in [0.717, 1.165) is 29.5 Å². The van der Waals surface area contributed by atoms with Crippen molar-refractivity contribution in [1.82, 2.24) is 14.3 Å². The number of anilines is 1. The Labute approximate surface area is 112 Å². The summed E-state index contributed by atoms with van der Waals surface area (Å²) in [4.78, 5) is 7.25. The van der Waals surface area contributed by atoms with Crippen molar-refractivity contribution in [3.05, 3.63) is 5.82 Å². The molecule has 1 aromatic heterocycles. The average molecular weight is 264 g/mol. The van der Waals surface area contributed by atoms with E-state index in [1.54, 1.807) is 0 Å². The summed E-state index contributed by atoms with van der Waals surface area (Å²) in [5.74, 6) is 2.56. The topological polar surface area (TPSA) is 41.0 Å². The largest absolute Gasteiger partial charge is 0.360 e. The van der Waals surface area contributed by atoms with E-state index in [1.807, 2.05) is 0 Å². The Morgan fingerprint density at radius 1 is 1.22 bits per heavy atom. The summed E-state index contributed by atoms with van der Waals surface area (Å²) in [6, 6.07) is 0.929. The van der Waals surface area contributed by atoms with Gasteiger partial charge in [-0.25, -0.2) is 4.98 Å². The Morgan fingerprint density at radius 2 is 2.11 bits per heavy atom. The molecule has 0 spiro atoms. The number of aromatic nitrogens is 2. The van der Waals surface area contributed by atoms with Gasteiger partial charge in [-0.2, -0.15) is 4.37 Å². The van der Waals surface area contributed by atoms with Gasteiger partial charge in [0, 0.05) is 36.6 Å². The lowest BCUT2D eigenvalue weighted by atomic mass is 10.1. The van der Waals surface area contributed by atoms with Crippen LogP contribution < -0.4 is 5.32 Å². The minimum absolute atomic E-state index is 0.675. The molecule has 98 valence electrons. The van der Waals surface area contributed by atoms with E-state index < -0.39 is 0 Å². The SMILES string of the molecule is C1CN(C2CC2)CC1CNc1nc(C2CC2)ns1. The highest BCUT2D eigenvalue weighted by Gasteiger charge is 2.34. The molecule has 1 aromatic rings. The standard InChI is InChI=1S/C13H20N4S/c1-2-10(1)12-15-13(18-16-12)14-7-9-5-6-17(8-9)11-3-4-11/h9-11H,1-8H2,(H,14,15,16). The first kappa shape index (κ1) is 11.2. The van der Waals surface area contributed by atoms with Gasteiger partial charge < -0.3 is 10.2 Å². The molecule has 1 unspecified atom stereocenters. The van der Waals surface area contributed by atoms with Crippen LogP contribution >= 0.6 is 11.5 Å². The first-order chi connectivity index (χ1) is 8.88. The zero-order valence-corrected chi connectivity index (χ0v) is 11.5. The number of hydrogen-bond donors (Lipinski definition) is 1. The number of nitrogens with zero attached hydrogens (tertiary/aromatic N) is 3. The second-order valence-corrected chi connectivity index (χ2v) is 6.75. The van der Waals surface area contributed by atoms with Gasteiger partial charge in [-0.1, -0.05) is 0 Å². The quantitative estimate of drug-likeness (QED) is 0.886. The molecule has 1 atom stereocenters. The van der Waals surface area contributed by atoms with Crippen molar-refractivity contribution in [1.29, 1.82) is 0 Å². The van der Waals surface area contributed by atoms with Gasteiger partial charge in [0.25, 0.3) is 0 Å². The van der Waals surface area contributed by atoms with Crippen LogP contribution in [0.25, 0.3) is 0 Å². The van der Waals surface area contributed by atoms with Crippen LogP contribution in [-0.4, -0.2) is 39.9 Å². The lowest BCUT2D eigenvalue weighted by Gasteiger charge is -2.14. The molecule has 3 fully saturated rings.